The molecule has 3 rings (SSSR count). The Morgan fingerprint density at radius 3 is 2.88 bits per heavy atom. The molecule has 24 heavy (non-hydrogen) atoms. The third kappa shape index (κ3) is 2.84. The minimum Gasteiger partial charge on any atom is -0.493 e. The van der Waals surface area contributed by atoms with Gasteiger partial charge in [-0.2, -0.15) is 0 Å². The van der Waals surface area contributed by atoms with E-state index in [9.17, 15) is 4.79 Å². The number of amides is 1. The van der Waals surface area contributed by atoms with E-state index in [0.717, 1.165) is 12.2 Å². The molecule has 1 aliphatic rings. The standard InChI is InChI=1S/C18H21ClN2O3/c1-4-24-17-14(19)10-13(11-16(17)23-3)18(22)21-9-8-20-7-5-6-15(20)12(21)2/h5-7,10-12H,4,8-9H2,1-3H3. The van der Waals surface area contributed by atoms with E-state index in [1.807, 2.05) is 31.0 Å². The summed E-state index contributed by atoms with van der Waals surface area (Å²) in [6.07, 6.45) is 2.05. The number of ether oxygens (including phenoxy) is 2. The summed E-state index contributed by atoms with van der Waals surface area (Å²) in [5.74, 6) is 0.887. The molecule has 1 atom stereocenters. The van der Waals surface area contributed by atoms with Crippen molar-refractivity contribution < 1.29 is 14.3 Å². The molecule has 0 fully saturated rings. The Hall–Kier alpha value is -2.14. The number of halogens is 1. The molecule has 1 amide bonds. The molecule has 0 spiro atoms. The molecule has 1 unspecified atom stereocenters. The molecule has 128 valence electrons. The van der Waals surface area contributed by atoms with E-state index in [4.69, 9.17) is 21.1 Å². The minimum atomic E-state index is -0.0572. The highest BCUT2D eigenvalue weighted by Gasteiger charge is 2.29. The van der Waals surface area contributed by atoms with Crippen molar-refractivity contribution in [2.75, 3.05) is 20.3 Å². The molecule has 0 saturated heterocycles. The zero-order chi connectivity index (χ0) is 17.3. The number of nitrogens with zero attached hydrogens (tertiary/aromatic N) is 2. The molecule has 0 aliphatic carbocycles. The maximum atomic E-state index is 13.0. The topological polar surface area (TPSA) is 43.7 Å². The summed E-state index contributed by atoms with van der Waals surface area (Å²) in [7, 11) is 1.54. The van der Waals surface area contributed by atoms with Crippen LogP contribution in [0.4, 0.5) is 0 Å². The van der Waals surface area contributed by atoms with Crippen LogP contribution in [-0.4, -0.2) is 35.6 Å². The molecular weight excluding hydrogens is 328 g/mol. The van der Waals surface area contributed by atoms with Crippen molar-refractivity contribution in [3.63, 3.8) is 0 Å². The SMILES string of the molecule is CCOc1c(Cl)cc(C(=O)N2CCn3cccc3C2C)cc1OC. The fraction of sp³-hybridized carbons (Fsp3) is 0.389. The van der Waals surface area contributed by atoms with Crippen molar-refractivity contribution in [3.05, 3.63) is 46.7 Å². The number of rotatable bonds is 4. The van der Waals surface area contributed by atoms with E-state index in [1.54, 1.807) is 19.2 Å². The van der Waals surface area contributed by atoms with Crippen LogP contribution >= 0.6 is 11.6 Å². The number of fused-ring (bicyclic) bond motifs is 1. The van der Waals surface area contributed by atoms with Gasteiger partial charge < -0.3 is 18.9 Å². The van der Waals surface area contributed by atoms with Crippen LogP contribution in [0.1, 0.15) is 35.9 Å². The lowest BCUT2D eigenvalue weighted by Gasteiger charge is -2.35. The van der Waals surface area contributed by atoms with E-state index in [1.165, 1.54) is 0 Å². The van der Waals surface area contributed by atoms with Crippen LogP contribution in [0, 0.1) is 0 Å². The second-order valence-corrected chi connectivity index (χ2v) is 6.13. The summed E-state index contributed by atoms with van der Waals surface area (Å²) in [6.45, 7) is 5.84. The second-order valence-electron chi connectivity index (χ2n) is 5.72. The van der Waals surface area contributed by atoms with Crippen LogP contribution in [0.25, 0.3) is 0 Å². The first-order valence-electron chi connectivity index (χ1n) is 8.03. The highest BCUT2D eigenvalue weighted by atomic mass is 35.5. The van der Waals surface area contributed by atoms with Gasteiger partial charge in [-0.05, 0) is 38.1 Å². The largest absolute Gasteiger partial charge is 0.493 e. The predicted octanol–water partition coefficient (Wildman–Crippen LogP) is 3.77. The molecule has 0 N–H and O–H groups in total. The van der Waals surface area contributed by atoms with Crippen molar-refractivity contribution in [3.8, 4) is 11.5 Å². The molecule has 5 nitrogen and oxygen atoms in total. The molecular formula is C18H21ClN2O3. The average molecular weight is 349 g/mol. The number of benzene rings is 1. The van der Waals surface area contributed by atoms with Crippen LogP contribution in [0.2, 0.25) is 5.02 Å². The van der Waals surface area contributed by atoms with Crippen molar-refractivity contribution in [1.29, 1.82) is 0 Å². The van der Waals surface area contributed by atoms with Gasteiger partial charge in [0.1, 0.15) is 0 Å². The highest BCUT2D eigenvalue weighted by molar-refractivity contribution is 6.32. The van der Waals surface area contributed by atoms with Gasteiger partial charge in [-0.25, -0.2) is 0 Å². The minimum absolute atomic E-state index is 0.0117. The van der Waals surface area contributed by atoms with Crippen molar-refractivity contribution in [2.45, 2.75) is 26.4 Å². The zero-order valence-corrected chi connectivity index (χ0v) is 14.8. The summed E-state index contributed by atoms with van der Waals surface area (Å²) in [6, 6.07) is 7.42. The van der Waals surface area contributed by atoms with Crippen LogP contribution in [0.15, 0.2) is 30.5 Å². The smallest absolute Gasteiger partial charge is 0.254 e. The average Bonchev–Trinajstić information content (AvgIpc) is 3.06. The quantitative estimate of drug-likeness (QED) is 0.844. The van der Waals surface area contributed by atoms with Crippen molar-refractivity contribution in [1.82, 2.24) is 9.47 Å². The fourth-order valence-electron chi connectivity index (χ4n) is 3.15. The van der Waals surface area contributed by atoms with Crippen LogP contribution in [-0.2, 0) is 6.54 Å². The summed E-state index contributed by atoms with van der Waals surface area (Å²) in [4.78, 5) is 14.9. The van der Waals surface area contributed by atoms with Gasteiger partial charge in [0.15, 0.2) is 11.5 Å². The Morgan fingerprint density at radius 2 is 2.17 bits per heavy atom. The van der Waals surface area contributed by atoms with E-state index in [2.05, 4.69) is 10.6 Å². The van der Waals surface area contributed by atoms with Gasteiger partial charge in [0.2, 0.25) is 0 Å². The number of hydrogen-bond acceptors (Lipinski definition) is 3. The Morgan fingerprint density at radius 1 is 1.38 bits per heavy atom. The highest BCUT2D eigenvalue weighted by Crippen LogP contribution is 2.37. The number of hydrogen-bond donors (Lipinski definition) is 0. The molecule has 0 radical (unpaired) electrons. The van der Waals surface area contributed by atoms with E-state index < -0.39 is 0 Å². The van der Waals surface area contributed by atoms with Gasteiger partial charge in [-0.15, -0.1) is 0 Å². The summed E-state index contributed by atoms with van der Waals surface area (Å²) < 4.78 is 13.0. The first kappa shape index (κ1) is 16.7. The van der Waals surface area contributed by atoms with Gasteiger partial charge in [-0.1, -0.05) is 11.6 Å². The van der Waals surface area contributed by atoms with E-state index in [-0.39, 0.29) is 11.9 Å². The van der Waals surface area contributed by atoms with Crippen LogP contribution < -0.4 is 9.47 Å². The molecule has 2 aromatic rings. The Kier molecular flexibility index (Phi) is 4.71. The Labute approximate surface area is 146 Å². The maximum Gasteiger partial charge on any atom is 0.254 e. The second kappa shape index (κ2) is 6.77. The van der Waals surface area contributed by atoms with Crippen molar-refractivity contribution in [2.24, 2.45) is 0 Å². The Bertz CT molecular complexity index is 757. The van der Waals surface area contributed by atoms with E-state index >= 15 is 0 Å². The fourth-order valence-corrected chi connectivity index (χ4v) is 3.42. The van der Waals surface area contributed by atoms with Gasteiger partial charge in [0.05, 0.1) is 24.8 Å². The lowest BCUT2D eigenvalue weighted by Crippen LogP contribution is -2.40. The molecule has 1 aliphatic heterocycles. The number of carbonyl (C=O) groups is 1. The van der Waals surface area contributed by atoms with Gasteiger partial charge in [-0.3, -0.25) is 4.79 Å². The third-order valence-corrected chi connectivity index (χ3v) is 4.65. The van der Waals surface area contributed by atoms with Gasteiger partial charge >= 0.3 is 0 Å². The van der Waals surface area contributed by atoms with Crippen LogP contribution in [0.3, 0.4) is 0 Å². The van der Waals surface area contributed by atoms with Gasteiger partial charge in [0.25, 0.3) is 5.91 Å². The first-order valence-corrected chi connectivity index (χ1v) is 8.41. The lowest BCUT2D eigenvalue weighted by atomic mass is 10.1. The molecule has 0 saturated carbocycles. The molecule has 1 aromatic carbocycles. The summed E-state index contributed by atoms with van der Waals surface area (Å²) in [5, 5.41) is 0.382. The number of methoxy groups -OCH3 is 1. The molecule has 0 bridgehead atoms. The van der Waals surface area contributed by atoms with Crippen molar-refractivity contribution >= 4 is 17.5 Å². The molecule has 2 heterocycles. The normalized spacial score (nSPS) is 16.7. The summed E-state index contributed by atoms with van der Waals surface area (Å²) >= 11 is 6.30. The van der Waals surface area contributed by atoms with E-state index in [0.29, 0.717) is 35.2 Å². The summed E-state index contributed by atoms with van der Waals surface area (Å²) in [5.41, 5.74) is 1.64. The Balaban J connectivity index is 1.92. The first-order chi connectivity index (χ1) is 11.6. The third-order valence-electron chi connectivity index (χ3n) is 4.37. The number of aromatic nitrogens is 1. The van der Waals surface area contributed by atoms with Crippen LogP contribution in [0.5, 0.6) is 11.5 Å². The number of carbonyl (C=O) groups excluding carboxylic acids is 1. The predicted molar refractivity (Wildman–Crippen MR) is 93.1 cm³/mol. The van der Waals surface area contributed by atoms with Gasteiger partial charge in [0, 0.05) is 30.5 Å². The molecule has 1 aromatic heterocycles. The zero-order valence-electron chi connectivity index (χ0n) is 14.1. The monoisotopic (exact) mass is 348 g/mol. The molecule has 6 heteroatoms. The maximum absolute atomic E-state index is 13.0. The lowest BCUT2D eigenvalue weighted by molar-refractivity contribution is 0.0643.